The molecule has 0 aliphatic heterocycles. The average molecular weight is 243 g/mol. The van der Waals surface area contributed by atoms with E-state index in [2.05, 4.69) is 4.98 Å². The Morgan fingerprint density at radius 2 is 2.00 bits per heavy atom. The quantitative estimate of drug-likeness (QED) is 0.859. The first-order valence-electron chi connectivity index (χ1n) is 5.81. The Morgan fingerprint density at radius 3 is 2.67 bits per heavy atom. The fourth-order valence-corrected chi connectivity index (χ4v) is 2.06. The Balaban J connectivity index is 2.34. The molecule has 0 saturated carbocycles. The van der Waals surface area contributed by atoms with E-state index in [0.29, 0.717) is 12.0 Å². The van der Waals surface area contributed by atoms with Gasteiger partial charge >= 0.3 is 0 Å². The van der Waals surface area contributed by atoms with Gasteiger partial charge in [-0.25, -0.2) is 0 Å². The number of nitrogens with one attached hydrogen (secondary N) is 1. The van der Waals surface area contributed by atoms with Gasteiger partial charge in [-0.1, -0.05) is 18.2 Å². The molecule has 18 heavy (non-hydrogen) atoms. The van der Waals surface area contributed by atoms with E-state index in [1.807, 2.05) is 49.5 Å². The van der Waals surface area contributed by atoms with Crippen molar-refractivity contribution in [2.75, 3.05) is 19.0 Å². The highest BCUT2D eigenvalue weighted by Gasteiger charge is 2.11. The van der Waals surface area contributed by atoms with Gasteiger partial charge in [0, 0.05) is 38.0 Å². The number of amides is 1. The van der Waals surface area contributed by atoms with Crippen LogP contribution < -0.4 is 10.6 Å². The first kappa shape index (κ1) is 12.2. The summed E-state index contributed by atoms with van der Waals surface area (Å²) in [5.41, 5.74) is 9.10. The van der Waals surface area contributed by atoms with Gasteiger partial charge in [0.15, 0.2) is 0 Å². The van der Waals surface area contributed by atoms with E-state index in [0.717, 1.165) is 16.9 Å². The van der Waals surface area contributed by atoms with Gasteiger partial charge in [-0.05, 0) is 17.7 Å². The van der Waals surface area contributed by atoms with E-state index < -0.39 is 0 Å². The van der Waals surface area contributed by atoms with Crippen molar-refractivity contribution in [1.29, 1.82) is 0 Å². The van der Waals surface area contributed by atoms with Crippen molar-refractivity contribution < 1.29 is 4.79 Å². The second-order valence-corrected chi connectivity index (χ2v) is 4.43. The predicted octanol–water partition coefficient (Wildman–Crippen LogP) is 1.77. The SMILES string of the molecule is CN(C)c1cc[nH]c1Cc1ccccc1C(N)=O. The Labute approximate surface area is 106 Å². The molecule has 0 saturated heterocycles. The second kappa shape index (κ2) is 4.96. The molecule has 0 atom stereocenters. The zero-order valence-electron chi connectivity index (χ0n) is 10.6. The number of hydrogen-bond donors (Lipinski definition) is 2. The van der Waals surface area contributed by atoms with Crippen molar-refractivity contribution in [1.82, 2.24) is 4.98 Å². The van der Waals surface area contributed by atoms with Crippen LogP contribution in [-0.2, 0) is 6.42 Å². The van der Waals surface area contributed by atoms with Crippen LogP contribution in [0.1, 0.15) is 21.6 Å². The fourth-order valence-electron chi connectivity index (χ4n) is 2.06. The first-order chi connectivity index (χ1) is 8.59. The molecule has 3 N–H and O–H groups in total. The summed E-state index contributed by atoms with van der Waals surface area (Å²) < 4.78 is 0. The van der Waals surface area contributed by atoms with E-state index in [1.54, 1.807) is 6.07 Å². The lowest BCUT2D eigenvalue weighted by Crippen LogP contribution is -2.15. The molecule has 0 bridgehead atoms. The molecule has 0 unspecified atom stereocenters. The summed E-state index contributed by atoms with van der Waals surface area (Å²) in [4.78, 5) is 16.6. The molecule has 0 radical (unpaired) electrons. The molecule has 0 spiro atoms. The number of rotatable bonds is 4. The molecule has 1 amide bonds. The minimum atomic E-state index is -0.386. The molecule has 2 aromatic rings. The van der Waals surface area contributed by atoms with Crippen molar-refractivity contribution in [2.45, 2.75) is 6.42 Å². The van der Waals surface area contributed by atoms with Crippen LogP contribution in [0.5, 0.6) is 0 Å². The van der Waals surface area contributed by atoms with Crippen LogP contribution in [0.4, 0.5) is 5.69 Å². The average Bonchev–Trinajstić information content (AvgIpc) is 2.77. The molecular formula is C14H17N3O. The van der Waals surface area contributed by atoms with E-state index >= 15 is 0 Å². The Morgan fingerprint density at radius 1 is 1.28 bits per heavy atom. The molecule has 0 aliphatic rings. The minimum Gasteiger partial charge on any atom is -0.376 e. The third kappa shape index (κ3) is 2.37. The fraction of sp³-hybridized carbons (Fsp3) is 0.214. The highest BCUT2D eigenvalue weighted by atomic mass is 16.1. The van der Waals surface area contributed by atoms with Gasteiger partial charge in [0.1, 0.15) is 0 Å². The van der Waals surface area contributed by atoms with Crippen molar-refractivity contribution in [2.24, 2.45) is 5.73 Å². The molecule has 1 heterocycles. The summed E-state index contributed by atoms with van der Waals surface area (Å²) >= 11 is 0. The van der Waals surface area contributed by atoms with Gasteiger partial charge in [0.25, 0.3) is 0 Å². The van der Waals surface area contributed by atoms with Crippen LogP contribution in [0.15, 0.2) is 36.5 Å². The minimum absolute atomic E-state index is 0.386. The number of H-pyrrole nitrogens is 1. The van der Waals surface area contributed by atoms with Crippen LogP contribution in [0.2, 0.25) is 0 Å². The van der Waals surface area contributed by atoms with Crippen LogP contribution in [0.3, 0.4) is 0 Å². The van der Waals surface area contributed by atoms with Gasteiger partial charge in [-0.15, -0.1) is 0 Å². The number of aromatic nitrogens is 1. The standard InChI is InChI=1S/C14H17N3O/c1-17(2)13-7-8-16-12(13)9-10-5-3-4-6-11(10)14(15)18/h3-8,16H,9H2,1-2H3,(H2,15,18). The number of benzene rings is 1. The third-order valence-electron chi connectivity index (χ3n) is 2.94. The van der Waals surface area contributed by atoms with Crippen LogP contribution in [-0.4, -0.2) is 25.0 Å². The maximum absolute atomic E-state index is 11.4. The van der Waals surface area contributed by atoms with Gasteiger partial charge in [0.2, 0.25) is 5.91 Å². The topological polar surface area (TPSA) is 62.1 Å². The third-order valence-corrected chi connectivity index (χ3v) is 2.94. The van der Waals surface area contributed by atoms with E-state index in [9.17, 15) is 4.79 Å². The largest absolute Gasteiger partial charge is 0.376 e. The first-order valence-corrected chi connectivity index (χ1v) is 5.81. The molecule has 0 fully saturated rings. The Bertz CT molecular complexity index is 558. The summed E-state index contributed by atoms with van der Waals surface area (Å²) in [6.07, 6.45) is 2.57. The molecular weight excluding hydrogens is 226 g/mol. The van der Waals surface area contributed by atoms with Crippen molar-refractivity contribution >= 4 is 11.6 Å². The summed E-state index contributed by atoms with van der Waals surface area (Å²) in [6.45, 7) is 0. The van der Waals surface area contributed by atoms with Gasteiger partial charge in [-0.3, -0.25) is 4.79 Å². The second-order valence-electron chi connectivity index (χ2n) is 4.43. The number of aromatic amines is 1. The van der Waals surface area contributed by atoms with Gasteiger partial charge in [-0.2, -0.15) is 0 Å². The maximum Gasteiger partial charge on any atom is 0.248 e. The zero-order chi connectivity index (χ0) is 13.1. The highest BCUT2D eigenvalue weighted by molar-refractivity contribution is 5.94. The lowest BCUT2D eigenvalue weighted by molar-refractivity contribution is 0.0999. The maximum atomic E-state index is 11.4. The lowest BCUT2D eigenvalue weighted by atomic mass is 10.0. The zero-order valence-corrected chi connectivity index (χ0v) is 10.6. The number of anilines is 1. The number of hydrogen-bond acceptors (Lipinski definition) is 2. The van der Waals surface area contributed by atoms with Crippen LogP contribution in [0.25, 0.3) is 0 Å². The monoisotopic (exact) mass is 243 g/mol. The number of carbonyl (C=O) groups is 1. The predicted molar refractivity (Wildman–Crippen MR) is 72.9 cm³/mol. The van der Waals surface area contributed by atoms with Crippen molar-refractivity contribution in [3.05, 3.63) is 53.3 Å². The molecule has 1 aromatic carbocycles. The molecule has 4 nitrogen and oxygen atoms in total. The van der Waals surface area contributed by atoms with E-state index in [1.165, 1.54) is 0 Å². The van der Waals surface area contributed by atoms with Gasteiger partial charge < -0.3 is 15.6 Å². The summed E-state index contributed by atoms with van der Waals surface area (Å²) in [5, 5.41) is 0. The molecule has 4 heteroatoms. The number of primary amides is 1. The summed E-state index contributed by atoms with van der Waals surface area (Å²) in [5.74, 6) is -0.386. The molecule has 1 aromatic heterocycles. The van der Waals surface area contributed by atoms with Gasteiger partial charge in [0.05, 0.1) is 5.69 Å². The number of carbonyl (C=O) groups excluding carboxylic acids is 1. The Hall–Kier alpha value is -2.23. The smallest absolute Gasteiger partial charge is 0.248 e. The van der Waals surface area contributed by atoms with E-state index in [4.69, 9.17) is 5.73 Å². The molecule has 2 rings (SSSR count). The van der Waals surface area contributed by atoms with Crippen LogP contribution >= 0.6 is 0 Å². The number of nitrogens with zero attached hydrogens (tertiary/aromatic N) is 1. The highest BCUT2D eigenvalue weighted by Crippen LogP contribution is 2.21. The molecule has 94 valence electrons. The van der Waals surface area contributed by atoms with Crippen LogP contribution in [0, 0.1) is 0 Å². The normalized spacial score (nSPS) is 10.3. The number of nitrogens with two attached hydrogens (primary N) is 1. The molecule has 0 aliphatic carbocycles. The summed E-state index contributed by atoms with van der Waals surface area (Å²) in [6, 6.07) is 9.45. The van der Waals surface area contributed by atoms with Crippen molar-refractivity contribution in [3.63, 3.8) is 0 Å². The van der Waals surface area contributed by atoms with Crippen molar-refractivity contribution in [3.8, 4) is 0 Å². The lowest BCUT2D eigenvalue weighted by Gasteiger charge is -2.14. The summed E-state index contributed by atoms with van der Waals surface area (Å²) in [7, 11) is 3.99. The Kier molecular flexibility index (Phi) is 3.37. The van der Waals surface area contributed by atoms with E-state index in [-0.39, 0.29) is 5.91 Å².